The summed E-state index contributed by atoms with van der Waals surface area (Å²) in [4.78, 5) is 13.8. The molecule has 0 saturated carbocycles. The van der Waals surface area contributed by atoms with Gasteiger partial charge >= 0.3 is 5.97 Å². The lowest BCUT2D eigenvalue weighted by Gasteiger charge is -2.18. The number of hydrogen-bond donors (Lipinski definition) is 1. The minimum atomic E-state index is -0.744. The lowest BCUT2D eigenvalue weighted by Crippen LogP contribution is -2.25. The zero-order valence-corrected chi connectivity index (χ0v) is 12.9. The third-order valence-corrected chi connectivity index (χ3v) is 5.41. The average molecular weight is 371 g/mol. The van der Waals surface area contributed by atoms with E-state index in [0.717, 1.165) is 21.3 Å². The Hall–Kier alpha value is 0.0900. The Bertz CT molecular complexity index is 348. The predicted molar refractivity (Wildman–Crippen MR) is 72.9 cm³/mol. The maximum absolute atomic E-state index is 10.5. The van der Waals surface area contributed by atoms with E-state index in [9.17, 15) is 4.79 Å². The monoisotopic (exact) mass is 369 g/mol. The van der Waals surface area contributed by atoms with Crippen molar-refractivity contribution < 1.29 is 9.90 Å². The van der Waals surface area contributed by atoms with E-state index in [1.807, 2.05) is 6.92 Å². The van der Waals surface area contributed by atoms with Crippen molar-refractivity contribution in [2.24, 2.45) is 0 Å². The number of aliphatic carboxylic acids is 1. The van der Waals surface area contributed by atoms with E-state index in [0.29, 0.717) is 6.54 Å². The Labute approximate surface area is 116 Å². The summed E-state index contributed by atoms with van der Waals surface area (Å²) < 4.78 is 2.14. The summed E-state index contributed by atoms with van der Waals surface area (Å²) in [5.74, 6) is -0.744. The van der Waals surface area contributed by atoms with E-state index < -0.39 is 5.97 Å². The first-order valence-corrected chi connectivity index (χ1v) is 7.31. The number of nitrogens with zero attached hydrogens (tertiary/aromatic N) is 1. The van der Waals surface area contributed by atoms with E-state index in [4.69, 9.17) is 5.11 Å². The van der Waals surface area contributed by atoms with Gasteiger partial charge in [-0.15, -0.1) is 11.3 Å². The van der Waals surface area contributed by atoms with Crippen molar-refractivity contribution >= 4 is 49.2 Å². The Morgan fingerprint density at radius 2 is 2.25 bits per heavy atom. The van der Waals surface area contributed by atoms with Gasteiger partial charge < -0.3 is 5.11 Å². The van der Waals surface area contributed by atoms with E-state index in [2.05, 4.69) is 42.8 Å². The summed E-state index contributed by atoms with van der Waals surface area (Å²) in [7, 11) is 0. The van der Waals surface area contributed by atoms with Gasteiger partial charge in [0.1, 0.15) is 0 Å². The highest BCUT2D eigenvalue weighted by atomic mass is 79.9. The molecule has 0 aliphatic rings. The summed E-state index contributed by atoms with van der Waals surface area (Å²) in [6, 6.07) is 2.07. The molecular formula is C10H13Br2NO2S. The Balaban J connectivity index is 2.52. The van der Waals surface area contributed by atoms with Crippen LogP contribution in [-0.2, 0) is 11.3 Å². The topological polar surface area (TPSA) is 40.5 Å². The molecule has 6 heteroatoms. The van der Waals surface area contributed by atoms with Gasteiger partial charge in [0.25, 0.3) is 0 Å². The molecule has 0 fully saturated rings. The standard InChI is InChI=1S/C10H13Br2NO2S/c1-2-13(4-3-9(14)15)6-7-5-8(11)10(12)16-7/h5H,2-4,6H2,1H3,(H,14,15). The van der Waals surface area contributed by atoms with Crippen LogP contribution in [0.4, 0.5) is 0 Å². The van der Waals surface area contributed by atoms with Crippen LogP contribution in [0.25, 0.3) is 0 Å². The van der Waals surface area contributed by atoms with Crippen LogP contribution in [0, 0.1) is 0 Å². The van der Waals surface area contributed by atoms with Crippen LogP contribution in [0.3, 0.4) is 0 Å². The van der Waals surface area contributed by atoms with Gasteiger partial charge in [0.05, 0.1) is 10.2 Å². The number of thiophene rings is 1. The minimum Gasteiger partial charge on any atom is -0.481 e. The molecule has 1 aromatic heterocycles. The molecule has 1 heterocycles. The highest BCUT2D eigenvalue weighted by molar-refractivity contribution is 9.13. The molecule has 0 radical (unpaired) electrons. The normalized spacial score (nSPS) is 11.0. The van der Waals surface area contributed by atoms with Gasteiger partial charge in [0, 0.05) is 22.4 Å². The first kappa shape index (κ1) is 14.2. The van der Waals surface area contributed by atoms with Crippen molar-refractivity contribution in [3.63, 3.8) is 0 Å². The summed E-state index contributed by atoms with van der Waals surface area (Å²) in [6.07, 6.45) is 0.196. The maximum atomic E-state index is 10.5. The fourth-order valence-corrected chi connectivity index (χ4v) is 3.51. The van der Waals surface area contributed by atoms with Crippen LogP contribution in [0.15, 0.2) is 14.3 Å². The van der Waals surface area contributed by atoms with Crippen LogP contribution in [0.2, 0.25) is 0 Å². The first-order valence-electron chi connectivity index (χ1n) is 4.90. The van der Waals surface area contributed by atoms with Gasteiger partial charge in [0.2, 0.25) is 0 Å². The summed E-state index contributed by atoms with van der Waals surface area (Å²) in [5, 5.41) is 8.63. The summed E-state index contributed by atoms with van der Waals surface area (Å²) in [6.45, 7) is 4.30. The number of rotatable bonds is 6. The molecule has 16 heavy (non-hydrogen) atoms. The quantitative estimate of drug-likeness (QED) is 0.832. The molecule has 0 aliphatic carbocycles. The van der Waals surface area contributed by atoms with Crippen molar-refractivity contribution in [2.45, 2.75) is 19.9 Å². The van der Waals surface area contributed by atoms with Crippen molar-refractivity contribution in [1.82, 2.24) is 4.90 Å². The van der Waals surface area contributed by atoms with Crippen LogP contribution in [0.5, 0.6) is 0 Å². The molecule has 3 nitrogen and oxygen atoms in total. The Morgan fingerprint density at radius 3 is 2.69 bits per heavy atom. The fourth-order valence-electron chi connectivity index (χ4n) is 1.29. The van der Waals surface area contributed by atoms with Crippen molar-refractivity contribution in [3.05, 3.63) is 19.2 Å². The summed E-state index contributed by atoms with van der Waals surface area (Å²) >= 11 is 8.56. The fraction of sp³-hybridized carbons (Fsp3) is 0.500. The van der Waals surface area contributed by atoms with Gasteiger partial charge in [-0.25, -0.2) is 0 Å². The molecule has 0 aromatic carbocycles. The second-order valence-electron chi connectivity index (χ2n) is 3.35. The van der Waals surface area contributed by atoms with E-state index in [1.165, 1.54) is 4.88 Å². The second kappa shape index (κ2) is 6.74. The SMILES string of the molecule is CCN(CCC(=O)O)Cc1cc(Br)c(Br)s1. The van der Waals surface area contributed by atoms with Crippen molar-refractivity contribution in [2.75, 3.05) is 13.1 Å². The Morgan fingerprint density at radius 1 is 1.56 bits per heavy atom. The molecule has 90 valence electrons. The second-order valence-corrected chi connectivity index (χ2v) is 6.66. The molecule has 0 bridgehead atoms. The lowest BCUT2D eigenvalue weighted by atomic mass is 10.3. The zero-order valence-electron chi connectivity index (χ0n) is 8.87. The molecule has 0 spiro atoms. The smallest absolute Gasteiger partial charge is 0.304 e. The van der Waals surface area contributed by atoms with Crippen LogP contribution >= 0.6 is 43.2 Å². The molecule has 1 rings (SSSR count). The number of hydrogen-bond acceptors (Lipinski definition) is 3. The summed E-state index contributed by atoms with van der Waals surface area (Å²) in [5.41, 5.74) is 0. The lowest BCUT2D eigenvalue weighted by molar-refractivity contribution is -0.137. The zero-order chi connectivity index (χ0) is 12.1. The molecule has 0 saturated heterocycles. The van der Waals surface area contributed by atoms with Gasteiger partial charge in [-0.3, -0.25) is 9.69 Å². The van der Waals surface area contributed by atoms with E-state index in [1.54, 1.807) is 11.3 Å². The van der Waals surface area contributed by atoms with Crippen molar-refractivity contribution in [1.29, 1.82) is 0 Å². The number of carbonyl (C=O) groups is 1. The molecule has 0 amide bonds. The molecular weight excluding hydrogens is 358 g/mol. The van der Waals surface area contributed by atoms with Crippen LogP contribution < -0.4 is 0 Å². The van der Waals surface area contributed by atoms with Gasteiger partial charge in [-0.1, -0.05) is 6.92 Å². The Kier molecular flexibility index (Phi) is 5.96. The number of halogens is 2. The molecule has 0 aliphatic heterocycles. The third kappa shape index (κ3) is 4.53. The minimum absolute atomic E-state index is 0.196. The third-order valence-electron chi connectivity index (χ3n) is 2.16. The maximum Gasteiger partial charge on any atom is 0.304 e. The first-order chi connectivity index (χ1) is 7.52. The molecule has 1 aromatic rings. The number of carboxylic acid groups (broad SMARTS) is 1. The predicted octanol–water partition coefficient (Wildman–Crippen LogP) is 3.57. The van der Waals surface area contributed by atoms with E-state index in [-0.39, 0.29) is 6.42 Å². The molecule has 1 N–H and O–H groups in total. The number of carboxylic acids is 1. The van der Waals surface area contributed by atoms with Crippen LogP contribution in [-0.4, -0.2) is 29.1 Å². The highest BCUT2D eigenvalue weighted by Crippen LogP contribution is 2.32. The van der Waals surface area contributed by atoms with Gasteiger partial charge in [-0.2, -0.15) is 0 Å². The van der Waals surface area contributed by atoms with E-state index >= 15 is 0 Å². The van der Waals surface area contributed by atoms with Crippen molar-refractivity contribution in [3.8, 4) is 0 Å². The van der Waals surface area contributed by atoms with Crippen LogP contribution in [0.1, 0.15) is 18.2 Å². The largest absolute Gasteiger partial charge is 0.481 e. The highest BCUT2D eigenvalue weighted by Gasteiger charge is 2.09. The average Bonchev–Trinajstić information content (AvgIpc) is 2.52. The molecule has 0 unspecified atom stereocenters. The van der Waals surface area contributed by atoms with Gasteiger partial charge in [-0.05, 0) is 44.5 Å². The van der Waals surface area contributed by atoms with Gasteiger partial charge in [0.15, 0.2) is 0 Å². The molecule has 0 atom stereocenters.